The van der Waals surface area contributed by atoms with Crippen molar-refractivity contribution in [2.75, 3.05) is 7.05 Å². The van der Waals surface area contributed by atoms with Gasteiger partial charge in [-0.2, -0.15) is 0 Å². The van der Waals surface area contributed by atoms with Crippen molar-refractivity contribution < 1.29 is 0 Å². The summed E-state index contributed by atoms with van der Waals surface area (Å²) in [7, 11) is 1.68. The molecule has 0 atom stereocenters. The summed E-state index contributed by atoms with van der Waals surface area (Å²) in [5.74, 6) is 6.10. The number of amidine groups is 1. The molecule has 0 radical (unpaired) electrons. The van der Waals surface area contributed by atoms with Gasteiger partial charge in [-0.05, 0) is 6.08 Å². The number of hydrogen-bond acceptors (Lipinski definition) is 4. The fourth-order valence-corrected chi connectivity index (χ4v) is 0.721. The Hall–Kier alpha value is -1.33. The Labute approximate surface area is 65.2 Å². The molecular weight excluding hydrogens is 142 g/mol. The number of allylic oxidation sites excluding steroid dienone is 1. The Morgan fingerprint density at radius 1 is 1.73 bits per heavy atom. The van der Waals surface area contributed by atoms with Crippen LogP contribution in [0.15, 0.2) is 29.4 Å². The van der Waals surface area contributed by atoms with E-state index in [0.29, 0.717) is 5.84 Å². The number of nitrogens with two attached hydrogens (primary N) is 1. The van der Waals surface area contributed by atoms with Crippen LogP contribution in [0, 0.1) is 0 Å². The highest BCUT2D eigenvalue weighted by Gasteiger charge is 2.07. The molecule has 0 unspecified atom stereocenters. The Morgan fingerprint density at radius 3 is 3.00 bits per heavy atom. The van der Waals surface area contributed by atoms with Crippen LogP contribution in [0.3, 0.4) is 0 Å². The molecular formula is C6H11N5. The maximum Gasteiger partial charge on any atom is 0.139 e. The Kier molecular flexibility index (Phi) is 2.25. The van der Waals surface area contributed by atoms with Gasteiger partial charge in [0.05, 0.1) is 5.70 Å². The Bertz CT molecular complexity index is 217. The van der Waals surface area contributed by atoms with Crippen molar-refractivity contribution in [1.82, 2.24) is 16.1 Å². The molecule has 0 aromatic carbocycles. The van der Waals surface area contributed by atoms with E-state index in [2.05, 4.69) is 22.4 Å². The van der Waals surface area contributed by atoms with Gasteiger partial charge in [-0.3, -0.25) is 15.8 Å². The highest BCUT2D eigenvalue weighted by Crippen LogP contribution is 1.95. The normalized spacial score (nSPS) is 22.0. The third kappa shape index (κ3) is 1.79. The molecule has 1 rings (SSSR count). The number of aliphatic imine (C=N–C) groups is 1. The zero-order valence-electron chi connectivity index (χ0n) is 6.33. The third-order valence-corrected chi connectivity index (χ3v) is 1.24. The molecule has 11 heavy (non-hydrogen) atoms. The molecule has 0 saturated heterocycles. The van der Waals surface area contributed by atoms with E-state index in [1.54, 1.807) is 19.2 Å². The van der Waals surface area contributed by atoms with E-state index in [1.165, 1.54) is 5.23 Å². The van der Waals surface area contributed by atoms with Crippen molar-refractivity contribution in [1.29, 1.82) is 0 Å². The van der Waals surface area contributed by atoms with Crippen LogP contribution in [-0.2, 0) is 0 Å². The maximum absolute atomic E-state index is 5.41. The minimum atomic E-state index is 0.696. The van der Waals surface area contributed by atoms with Gasteiger partial charge < -0.3 is 0 Å². The second-order valence-electron chi connectivity index (χ2n) is 2.01. The van der Waals surface area contributed by atoms with Gasteiger partial charge in [-0.15, -0.1) is 0 Å². The first-order valence-corrected chi connectivity index (χ1v) is 3.15. The summed E-state index contributed by atoms with van der Waals surface area (Å²) in [6.07, 6.45) is 3.46. The average Bonchev–Trinajstić information content (AvgIpc) is 2.03. The van der Waals surface area contributed by atoms with Crippen molar-refractivity contribution in [3.63, 3.8) is 0 Å². The van der Waals surface area contributed by atoms with Gasteiger partial charge in [0.15, 0.2) is 0 Å². The molecule has 1 aliphatic heterocycles. The average molecular weight is 153 g/mol. The molecule has 0 bridgehead atoms. The summed E-state index contributed by atoms with van der Waals surface area (Å²) < 4.78 is 0. The lowest BCUT2D eigenvalue weighted by atomic mass is 10.3. The lowest BCUT2D eigenvalue weighted by molar-refractivity contribution is 0.176. The Morgan fingerprint density at radius 2 is 2.45 bits per heavy atom. The zero-order chi connectivity index (χ0) is 8.27. The van der Waals surface area contributed by atoms with Crippen molar-refractivity contribution >= 4 is 5.84 Å². The number of nitrogens with zero attached hydrogens (tertiary/aromatic N) is 2. The molecule has 5 heteroatoms. The van der Waals surface area contributed by atoms with E-state index in [0.717, 1.165) is 5.70 Å². The lowest BCUT2D eigenvalue weighted by Gasteiger charge is -2.25. The minimum absolute atomic E-state index is 0.696. The van der Waals surface area contributed by atoms with Crippen molar-refractivity contribution in [3.8, 4) is 0 Å². The lowest BCUT2D eigenvalue weighted by Crippen LogP contribution is -2.57. The SMILES string of the molecule is C=CC1=CC(=NC)NN(N)N1. The van der Waals surface area contributed by atoms with Crippen molar-refractivity contribution in [3.05, 3.63) is 24.4 Å². The zero-order valence-corrected chi connectivity index (χ0v) is 6.33. The molecule has 0 aromatic rings. The molecule has 60 valence electrons. The number of hydrazine groups is 3. The Balaban J connectivity index is 2.81. The maximum atomic E-state index is 5.41. The van der Waals surface area contributed by atoms with Gasteiger partial charge >= 0.3 is 0 Å². The molecule has 0 fully saturated rings. The summed E-state index contributed by atoms with van der Waals surface area (Å²) >= 11 is 0. The second kappa shape index (κ2) is 3.18. The van der Waals surface area contributed by atoms with Crippen LogP contribution in [-0.4, -0.2) is 18.1 Å². The van der Waals surface area contributed by atoms with E-state index in [9.17, 15) is 0 Å². The van der Waals surface area contributed by atoms with Gasteiger partial charge in [0.1, 0.15) is 5.84 Å². The highest BCUT2D eigenvalue weighted by molar-refractivity contribution is 5.93. The summed E-state index contributed by atoms with van der Waals surface area (Å²) in [5, 5.41) is 1.22. The summed E-state index contributed by atoms with van der Waals surface area (Å²) in [4.78, 5) is 3.92. The van der Waals surface area contributed by atoms with Crippen LogP contribution >= 0.6 is 0 Å². The van der Waals surface area contributed by atoms with Crippen LogP contribution in [0.25, 0.3) is 0 Å². The quantitative estimate of drug-likeness (QED) is 0.435. The largest absolute Gasteiger partial charge is 0.287 e. The summed E-state index contributed by atoms with van der Waals surface area (Å²) in [5.41, 5.74) is 6.36. The third-order valence-electron chi connectivity index (χ3n) is 1.24. The first-order chi connectivity index (χ1) is 5.26. The molecule has 5 nitrogen and oxygen atoms in total. The van der Waals surface area contributed by atoms with Crippen molar-refractivity contribution in [2.45, 2.75) is 0 Å². The summed E-state index contributed by atoms with van der Waals surface area (Å²) in [6.45, 7) is 3.59. The van der Waals surface area contributed by atoms with Gasteiger partial charge in [-0.25, -0.2) is 5.84 Å². The predicted molar refractivity (Wildman–Crippen MR) is 43.9 cm³/mol. The van der Waals surface area contributed by atoms with Crippen molar-refractivity contribution in [2.24, 2.45) is 10.8 Å². The van der Waals surface area contributed by atoms with Crippen LogP contribution in [0.4, 0.5) is 0 Å². The van der Waals surface area contributed by atoms with Gasteiger partial charge in [-0.1, -0.05) is 11.8 Å². The fourth-order valence-electron chi connectivity index (χ4n) is 0.721. The van der Waals surface area contributed by atoms with Crippen LogP contribution in [0.5, 0.6) is 0 Å². The highest BCUT2D eigenvalue weighted by atomic mass is 15.9. The number of rotatable bonds is 1. The molecule has 0 spiro atoms. The monoisotopic (exact) mass is 153 g/mol. The molecule has 4 N–H and O–H groups in total. The topological polar surface area (TPSA) is 65.7 Å². The van der Waals surface area contributed by atoms with Crippen LogP contribution in [0.1, 0.15) is 0 Å². The standard InChI is InChI=1S/C6H11N5/c1-3-5-4-6(8-2)10-11(7)9-5/h3-4,9H,1,7H2,2H3,(H,8,10). The van der Waals surface area contributed by atoms with Crippen LogP contribution < -0.4 is 16.7 Å². The number of nitrogens with one attached hydrogen (secondary N) is 2. The van der Waals surface area contributed by atoms with E-state index >= 15 is 0 Å². The van der Waals surface area contributed by atoms with E-state index < -0.39 is 0 Å². The first-order valence-electron chi connectivity index (χ1n) is 3.15. The molecule has 0 saturated carbocycles. The first kappa shape index (κ1) is 7.77. The van der Waals surface area contributed by atoms with Gasteiger partial charge in [0.25, 0.3) is 0 Å². The molecule has 1 heterocycles. The van der Waals surface area contributed by atoms with Crippen LogP contribution in [0.2, 0.25) is 0 Å². The molecule has 0 aromatic heterocycles. The van der Waals surface area contributed by atoms with Gasteiger partial charge in [0, 0.05) is 13.1 Å². The number of hydrogen-bond donors (Lipinski definition) is 3. The smallest absolute Gasteiger partial charge is 0.139 e. The van der Waals surface area contributed by atoms with E-state index in [1.807, 2.05) is 0 Å². The fraction of sp³-hybridized carbons (Fsp3) is 0.167. The molecule has 0 aliphatic carbocycles. The van der Waals surface area contributed by atoms with E-state index in [4.69, 9.17) is 5.84 Å². The van der Waals surface area contributed by atoms with E-state index in [-0.39, 0.29) is 0 Å². The predicted octanol–water partition coefficient (Wildman–Crippen LogP) is -0.717. The minimum Gasteiger partial charge on any atom is -0.287 e. The summed E-state index contributed by atoms with van der Waals surface area (Å²) in [6, 6.07) is 0. The molecule has 0 amide bonds. The molecule has 1 aliphatic rings. The second-order valence-corrected chi connectivity index (χ2v) is 2.01. The van der Waals surface area contributed by atoms with Gasteiger partial charge in [0.2, 0.25) is 0 Å².